The molecule has 2 N–H and O–H groups in total. The molecule has 0 saturated heterocycles. The van der Waals surface area contributed by atoms with Gasteiger partial charge in [0.25, 0.3) is 5.91 Å². The molecule has 0 bridgehead atoms. The van der Waals surface area contributed by atoms with E-state index in [1.807, 2.05) is 6.20 Å². The normalized spacial score (nSPS) is 10.2. The molecule has 2 heterocycles. The quantitative estimate of drug-likeness (QED) is 0.877. The average molecular weight is 276 g/mol. The van der Waals surface area contributed by atoms with Crippen LogP contribution in [0.2, 0.25) is 0 Å². The molecule has 0 saturated carbocycles. The van der Waals surface area contributed by atoms with Crippen LogP contribution in [0.4, 0.5) is 5.69 Å². The molecule has 0 aliphatic heterocycles. The van der Waals surface area contributed by atoms with Gasteiger partial charge in [0.2, 0.25) is 0 Å². The van der Waals surface area contributed by atoms with Crippen molar-refractivity contribution in [1.29, 1.82) is 0 Å². The molecule has 0 fully saturated rings. The van der Waals surface area contributed by atoms with Crippen molar-refractivity contribution in [2.75, 3.05) is 12.4 Å². The van der Waals surface area contributed by atoms with E-state index >= 15 is 0 Å². The number of pyridine rings is 1. The predicted octanol–water partition coefficient (Wildman–Crippen LogP) is 2.07. The van der Waals surface area contributed by atoms with Crippen molar-refractivity contribution in [3.63, 3.8) is 0 Å². The molecule has 1 amide bonds. The largest absolute Gasteiger partial charge is 0.387 e. The van der Waals surface area contributed by atoms with Gasteiger partial charge in [-0.15, -0.1) is 11.3 Å². The maximum absolute atomic E-state index is 12.1. The Morgan fingerprint density at radius 1 is 1.42 bits per heavy atom. The second-order valence-electron chi connectivity index (χ2n) is 3.93. The molecule has 0 radical (unpaired) electrons. The summed E-state index contributed by atoms with van der Waals surface area (Å²) in [6.07, 6.45) is 6.03. The Labute approximate surface area is 116 Å². The van der Waals surface area contributed by atoms with Crippen molar-refractivity contribution in [3.8, 4) is 0 Å². The molecule has 0 aliphatic rings. The number of hydrogen-bond donors (Lipinski definition) is 2. The highest BCUT2D eigenvalue weighted by molar-refractivity contribution is 7.11. The van der Waals surface area contributed by atoms with Crippen LogP contribution in [0.1, 0.15) is 27.2 Å². The summed E-state index contributed by atoms with van der Waals surface area (Å²) >= 11 is 1.62. The molecule has 0 unspecified atom stereocenters. The SMILES string of the molecule is CCc1cnc(CNC(=O)c2cnccc2NC)s1. The average Bonchev–Trinajstić information content (AvgIpc) is 2.92. The molecule has 6 heteroatoms. The van der Waals surface area contributed by atoms with E-state index in [2.05, 4.69) is 27.5 Å². The second-order valence-corrected chi connectivity index (χ2v) is 5.13. The lowest BCUT2D eigenvalue weighted by Gasteiger charge is -2.07. The van der Waals surface area contributed by atoms with Crippen molar-refractivity contribution in [2.24, 2.45) is 0 Å². The number of anilines is 1. The summed E-state index contributed by atoms with van der Waals surface area (Å²) in [6, 6.07) is 1.77. The third-order valence-corrected chi connectivity index (χ3v) is 3.83. The molecule has 0 spiro atoms. The molecule has 5 nitrogen and oxygen atoms in total. The fraction of sp³-hybridized carbons (Fsp3) is 0.308. The summed E-state index contributed by atoms with van der Waals surface area (Å²) in [5.41, 5.74) is 1.30. The van der Waals surface area contributed by atoms with Gasteiger partial charge in [-0.3, -0.25) is 9.78 Å². The van der Waals surface area contributed by atoms with Gasteiger partial charge in [-0.05, 0) is 12.5 Å². The van der Waals surface area contributed by atoms with Gasteiger partial charge in [-0.2, -0.15) is 0 Å². The van der Waals surface area contributed by atoms with Crippen molar-refractivity contribution in [3.05, 3.63) is 40.1 Å². The van der Waals surface area contributed by atoms with Gasteiger partial charge in [0.1, 0.15) is 5.01 Å². The minimum atomic E-state index is -0.148. The Hall–Kier alpha value is -1.95. The van der Waals surface area contributed by atoms with Crippen LogP contribution in [0, 0.1) is 0 Å². The van der Waals surface area contributed by atoms with Gasteiger partial charge in [-0.1, -0.05) is 6.92 Å². The Bertz CT molecular complexity index is 567. The molecule has 2 rings (SSSR count). The van der Waals surface area contributed by atoms with E-state index in [1.54, 1.807) is 36.8 Å². The standard InChI is InChI=1S/C13H16N4OS/c1-3-9-6-16-12(19-9)8-17-13(18)10-7-15-5-4-11(10)14-2/h4-7H,3,8H2,1-2H3,(H,14,15)(H,17,18). The van der Waals surface area contributed by atoms with E-state index in [-0.39, 0.29) is 5.91 Å². The minimum absolute atomic E-state index is 0.148. The first-order valence-electron chi connectivity index (χ1n) is 6.08. The summed E-state index contributed by atoms with van der Waals surface area (Å²) in [5.74, 6) is -0.148. The van der Waals surface area contributed by atoms with E-state index < -0.39 is 0 Å². The summed E-state index contributed by atoms with van der Waals surface area (Å²) in [5, 5.41) is 6.75. The Balaban J connectivity index is 2.01. The first-order chi connectivity index (χ1) is 9.24. The highest BCUT2D eigenvalue weighted by Gasteiger charge is 2.11. The number of rotatable bonds is 5. The van der Waals surface area contributed by atoms with Crippen LogP contribution in [0.25, 0.3) is 0 Å². The molecule has 0 atom stereocenters. The molecule has 100 valence electrons. The second kappa shape index (κ2) is 6.29. The highest BCUT2D eigenvalue weighted by Crippen LogP contribution is 2.15. The number of nitrogens with zero attached hydrogens (tertiary/aromatic N) is 2. The van der Waals surface area contributed by atoms with Crippen LogP contribution >= 0.6 is 11.3 Å². The number of amides is 1. The molecule has 19 heavy (non-hydrogen) atoms. The third kappa shape index (κ3) is 3.29. The van der Waals surface area contributed by atoms with E-state index in [0.717, 1.165) is 17.1 Å². The van der Waals surface area contributed by atoms with Gasteiger partial charge < -0.3 is 10.6 Å². The third-order valence-electron chi connectivity index (χ3n) is 2.69. The minimum Gasteiger partial charge on any atom is -0.387 e. The lowest BCUT2D eigenvalue weighted by molar-refractivity contribution is 0.0951. The van der Waals surface area contributed by atoms with Crippen LogP contribution < -0.4 is 10.6 Å². The van der Waals surface area contributed by atoms with Crippen LogP contribution in [0.15, 0.2) is 24.7 Å². The van der Waals surface area contributed by atoms with Crippen LogP contribution in [0.3, 0.4) is 0 Å². The van der Waals surface area contributed by atoms with Gasteiger partial charge in [-0.25, -0.2) is 4.98 Å². The molecule has 0 aliphatic carbocycles. The molecule has 2 aromatic rings. The highest BCUT2D eigenvalue weighted by atomic mass is 32.1. The Morgan fingerprint density at radius 2 is 2.26 bits per heavy atom. The van der Waals surface area contributed by atoms with E-state index in [9.17, 15) is 4.79 Å². The maximum atomic E-state index is 12.1. The number of nitrogens with one attached hydrogen (secondary N) is 2. The number of carbonyl (C=O) groups excluding carboxylic acids is 1. The number of thiazole rings is 1. The summed E-state index contributed by atoms with van der Waals surface area (Å²) < 4.78 is 0. The lowest BCUT2D eigenvalue weighted by Crippen LogP contribution is -2.23. The van der Waals surface area contributed by atoms with Crippen LogP contribution in [0.5, 0.6) is 0 Å². The van der Waals surface area contributed by atoms with Gasteiger partial charge in [0, 0.05) is 36.2 Å². The first kappa shape index (κ1) is 13.5. The number of aryl methyl sites for hydroxylation is 1. The van der Waals surface area contributed by atoms with Gasteiger partial charge in [0.15, 0.2) is 0 Å². The van der Waals surface area contributed by atoms with E-state index in [4.69, 9.17) is 0 Å². The molecule has 2 aromatic heterocycles. The smallest absolute Gasteiger partial charge is 0.255 e. The molecular formula is C13H16N4OS. The number of aromatic nitrogens is 2. The summed E-state index contributed by atoms with van der Waals surface area (Å²) in [4.78, 5) is 21.5. The zero-order valence-electron chi connectivity index (χ0n) is 10.9. The van der Waals surface area contributed by atoms with Gasteiger partial charge in [0.05, 0.1) is 12.1 Å². The Kier molecular flexibility index (Phi) is 4.46. The Morgan fingerprint density at radius 3 is 2.95 bits per heavy atom. The predicted molar refractivity (Wildman–Crippen MR) is 76.4 cm³/mol. The maximum Gasteiger partial charge on any atom is 0.255 e. The lowest BCUT2D eigenvalue weighted by atomic mass is 10.2. The zero-order valence-corrected chi connectivity index (χ0v) is 11.8. The van der Waals surface area contributed by atoms with Crippen LogP contribution in [-0.2, 0) is 13.0 Å². The summed E-state index contributed by atoms with van der Waals surface area (Å²) in [7, 11) is 1.78. The fourth-order valence-corrected chi connectivity index (χ4v) is 2.44. The van der Waals surface area contributed by atoms with Crippen molar-refractivity contribution in [2.45, 2.75) is 19.9 Å². The topological polar surface area (TPSA) is 66.9 Å². The zero-order chi connectivity index (χ0) is 13.7. The van der Waals surface area contributed by atoms with E-state index in [1.165, 1.54) is 4.88 Å². The first-order valence-corrected chi connectivity index (χ1v) is 6.89. The molecule has 0 aromatic carbocycles. The monoisotopic (exact) mass is 276 g/mol. The van der Waals surface area contributed by atoms with Crippen LogP contribution in [-0.4, -0.2) is 22.9 Å². The van der Waals surface area contributed by atoms with Crippen molar-refractivity contribution >= 4 is 22.9 Å². The van der Waals surface area contributed by atoms with Crippen molar-refractivity contribution in [1.82, 2.24) is 15.3 Å². The fourth-order valence-electron chi connectivity index (χ4n) is 1.64. The summed E-state index contributed by atoms with van der Waals surface area (Å²) in [6.45, 7) is 2.53. The van der Waals surface area contributed by atoms with E-state index in [0.29, 0.717) is 12.1 Å². The molecular weight excluding hydrogens is 260 g/mol. The number of carbonyl (C=O) groups is 1. The number of hydrogen-bond acceptors (Lipinski definition) is 5. The van der Waals surface area contributed by atoms with Gasteiger partial charge >= 0.3 is 0 Å². The van der Waals surface area contributed by atoms with Crippen molar-refractivity contribution < 1.29 is 4.79 Å².